The van der Waals surface area contributed by atoms with E-state index in [1.165, 1.54) is 12.8 Å². The Labute approximate surface area is 132 Å². The van der Waals surface area contributed by atoms with E-state index in [-0.39, 0.29) is 36.9 Å². The highest BCUT2D eigenvalue weighted by atomic mass is 16.3. The van der Waals surface area contributed by atoms with Gasteiger partial charge in [-0.15, -0.1) is 0 Å². The number of amides is 2. The molecule has 1 aliphatic carbocycles. The monoisotopic (exact) mass is 311 g/mol. The molecule has 6 nitrogen and oxygen atoms in total. The number of nitrogens with zero attached hydrogens (tertiary/aromatic N) is 2. The van der Waals surface area contributed by atoms with Crippen LogP contribution in [0.15, 0.2) is 0 Å². The molecule has 2 fully saturated rings. The van der Waals surface area contributed by atoms with E-state index in [1.807, 2.05) is 18.7 Å². The van der Waals surface area contributed by atoms with E-state index in [0.717, 1.165) is 19.0 Å². The molecule has 2 N–H and O–H groups in total. The Balaban J connectivity index is 1.81. The van der Waals surface area contributed by atoms with Crippen molar-refractivity contribution < 1.29 is 14.7 Å². The summed E-state index contributed by atoms with van der Waals surface area (Å²) in [5, 5.41) is 11.9. The molecule has 2 amide bonds. The van der Waals surface area contributed by atoms with Crippen LogP contribution in [0.25, 0.3) is 0 Å². The lowest BCUT2D eigenvalue weighted by Crippen LogP contribution is -2.56. The van der Waals surface area contributed by atoms with E-state index in [9.17, 15) is 14.7 Å². The molecule has 1 atom stereocenters. The molecule has 22 heavy (non-hydrogen) atoms. The first-order chi connectivity index (χ1) is 10.5. The van der Waals surface area contributed by atoms with Crippen molar-refractivity contribution in [2.75, 3.05) is 39.3 Å². The molecular formula is C16H29N3O3. The van der Waals surface area contributed by atoms with E-state index < -0.39 is 0 Å². The quantitative estimate of drug-likeness (QED) is 0.697. The molecule has 1 heterocycles. The topological polar surface area (TPSA) is 72.9 Å². The SMILES string of the molecule is CC(C)C(=O)NCC(=O)N1CCN(CC2CC2)C(CCO)C1. The molecule has 0 radical (unpaired) electrons. The molecule has 2 rings (SSSR count). The Bertz CT molecular complexity index is 396. The fourth-order valence-electron chi connectivity index (χ4n) is 2.89. The van der Waals surface area contributed by atoms with Gasteiger partial charge in [0.1, 0.15) is 0 Å². The highest BCUT2D eigenvalue weighted by Gasteiger charge is 2.33. The third-order valence-electron chi connectivity index (χ3n) is 4.55. The van der Waals surface area contributed by atoms with Crippen molar-refractivity contribution in [1.82, 2.24) is 15.1 Å². The van der Waals surface area contributed by atoms with Gasteiger partial charge in [0.05, 0.1) is 6.54 Å². The van der Waals surface area contributed by atoms with Gasteiger partial charge < -0.3 is 15.3 Å². The fraction of sp³-hybridized carbons (Fsp3) is 0.875. The van der Waals surface area contributed by atoms with Crippen molar-refractivity contribution >= 4 is 11.8 Å². The molecule has 0 spiro atoms. The summed E-state index contributed by atoms with van der Waals surface area (Å²) in [6.07, 6.45) is 3.33. The summed E-state index contributed by atoms with van der Waals surface area (Å²) in [5.41, 5.74) is 0. The minimum atomic E-state index is -0.106. The largest absolute Gasteiger partial charge is 0.396 e. The van der Waals surface area contributed by atoms with Crippen molar-refractivity contribution in [2.45, 2.75) is 39.2 Å². The Morgan fingerprint density at radius 2 is 2.00 bits per heavy atom. The predicted octanol–water partition coefficient (Wildman–Crippen LogP) is 0.0638. The molecule has 2 aliphatic rings. The van der Waals surface area contributed by atoms with Crippen LogP contribution in [-0.4, -0.2) is 72.1 Å². The Morgan fingerprint density at radius 3 is 2.59 bits per heavy atom. The number of carbonyl (C=O) groups is 2. The van der Waals surface area contributed by atoms with Gasteiger partial charge >= 0.3 is 0 Å². The summed E-state index contributed by atoms with van der Waals surface area (Å²) in [5.74, 6) is 0.592. The van der Waals surface area contributed by atoms with Gasteiger partial charge in [-0.25, -0.2) is 0 Å². The standard InChI is InChI=1S/C16H29N3O3/c1-12(2)16(22)17-9-15(21)19-7-6-18(10-13-3-4-13)14(11-19)5-8-20/h12-14,20H,3-11H2,1-2H3,(H,17,22). The summed E-state index contributed by atoms with van der Waals surface area (Å²) in [6, 6.07) is 0.240. The van der Waals surface area contributed by atoms with Crippen LogP contribution in [0.2, 0.25) is 0 Å². The van der Waals surface area contributed by atoms with Gasteiger partial charge in [-0.05, 0) is 25.2 Å². The molecule has 1 saturated heterocycles. The smallest absolute Gasteiger partial charge is 0.242 e. The molecule has 1 aliphatic heterocycles. The highest BCUT2D eigenvalue weighted by Crippen LogP contribution is 2.31. The summed E-state index contributed by atoms with van der Waals surface area (Å²) >= 11 is 0. The van der Waals surface area contributed by atoms with Crippen molar-refractivity contribution in [3.8, 4) is 0 Å². The van der Waals surface area contributed by atoms with Gasteiger partial charge in [-0.1, -0.05) is 13.8 Å². The molecule has 0 aromatic carbocycles. The minimum absolute atomic E-state index is 0.0250. The van der Waals surface area contributed by atoms with Crippen LogP contribution in [0.1, 0.15) is 33.1 Å². The summed E-state index contributed by atoms with van der Waals surface area (Å²) in [6.45, 7) is 7.18. The first-order valence-electron chi connectivity index (χ1n) is 8.41. The van der Waals surface area contributed by atoms with E-state index >= 15 is 0 Å². The number of hydrogen-bond acceptors (Lipinski definition) is 4. The number of aliphatic hydroxyl groups excluding tert-OH is 1. The van der Waals surface area contributed by atoms with Crippen LogP contribution in [0.3, 0.4) is 0 Å². The molecule has 1 unspecified atom stereocenters. The maximum absolute atomic E-state index is 12.2. The van der Waals surface area contributed by atoms with Crippen molar-refractivity contribution in [2.24, 2.45) is 11.8 Å². The van der Waals surface area contributed by atoms with E-state index in [1.54, 1.807) is 0 Å². The maximum Gasteiger partial charge on any atom is 0.242 e. The van der Waals surface area contributed by atoms with E-state index in [2.05, 4.69) is 10.2 Å². The van der Waals surface area contributed by atoms with Gasteiger partial charge in [-0.2, -0.15) is 0 Å². The summed E-state index contributed by atoms with van der Waals surface area (Å²) in [4.78, 5) is 28.0. The average molecular weight is 311 g/mol. The van der Waals surface area contributed by atoms with Crippen LogP contribution in [0, 0.1) is 11.8 Å². The molecule has 126 valence electrons. The number of aliphatic hydroxyl groups is 1. The Hall–Kier alpha value is -1.14. The number of rotatable bonds is 7. The van der Waals surface area contributed by atoms with Gasteiger partial charge in [0.15, 0.2) is 0 Å². The lowest BCUT2D eigenvalue weighted by atomic mass is 10.1. The zero-order valence-electron chi connectivity index (χ0n) is 13.8. The molecule has 0 aromatic rings. The zero-order valence-corrected chi connectivity index (χ0v) is 13.8. The second-order valence-corrected chi connectivity index (χ2v) is 6.82. The average Bonchev–Trinajstić information content (AvgIpc) is 3.30. The minimum Gasteiger partial charge on any atom is -0.396 e. The zero-order chi connectivity index (χ0) is 16.1. The number of carbonyl (C=O) groups excluding carboxylic acids is 2. The third kappa shape index (κ3) is 4.95. The van der Waals surface area contributed by atoms with Crippen molar-refractivity contribution in [3.05, 3.63) is 0 Å². The lowest BCUT2D eigenvalue weighted by molar-refractivity contribution is -0.136. The third-order valence-corrected chi connectivity index (χ3v) is 4.55. The highest BCUT2D eigenvalue weighted by molar-refractivity contribution is 5.85. The van der Waals surface area contributed by atoms with Crippen molar-refractivity contribution in [1.29, 1.82) is 0 Å². The second kappa shape index (κ2) is 7.92. The number of nitrogens with one attached hydrogen (secondary N) is 1. The number of piperazine rings is 1. The van der Waals surface area contributed by atoms with E-state index in [4.69, 9.17) is 0 Å². The second-order valence-electron chi connectivity index (χ2n) is 6.82. The molecule has 0 bridgehead atoms. The van der Waals surface area contributed by atoms with Crippen LogP contribution in [0.4, 0.5) is 0 Å². The van der Waals surface area contributed by atoms with Crippen molar-refractivity contribution in [3.63, 3.8) is 0 Å². The molecular weight excluding hydrogens is 282 g/mol. The molecule has 1 saturated carbocycles. The summed E-state index contributed by atoms with van der Waals surface area (Å²) < 4.78 is 0. The fourth-order valence-corrected chi connectivity index (χ4v) is 2.89. The van der Waals surface area contributed by atoms with Crippen LogP contribution in [0.5, 0.6) is 0 Å². The molecule has 6 heteroatoms. The van der Waals surface area contributed by atoms with Gasteiger partial charge in [0, 0.05) is 44.7 Å². The van der Waals surface area contributed by atoms with Crippen LogP contribution < -0.4 is 5.32 Å². The normalized spacial score (nSPS) is 22.9. The number of hydrogen-bond donors (Lipinski definition) is 2. The molecule has 0 aromatic heterocycles. The Kier molecular flexibility index (Phi) is 6.20. The first-order valence-corrected chi connectivity index (χ1v) is 8.41. The Morgan fingerprint density at radius 1 is 1.27 bits per heavy atom. The maximum atomic E-state index is 12.2. The van der Waals surface area contributed by atoms with Crippen LogP contribution in [-0.2, 0) is 9.59 Å². The predicted molar refractivity (Wildman–Crippen MR) is 84.2 cm³/mol. The van der Waals surface area contributed by atoms with Gasteiger partial charge in [-0.3, -0.25) is 14.5 Å². The van der Waals surface area contributed by atoms with Gasteiger partial charge in [0.2, 0.25) is 11.8 Å². The summed E-state index contributed by atoms with van der Waals surface area (Å²) in [7, 11) is 0. The lowest BCUT2D eigenvalue weighted by Gasteiger charge is -2.41. The van der Waals surface area contributed by atoms with E-state index in [0.29, 0.717) is 19.5 Å². The first kappa shape index (κ1) is 17.2. The van der Waals surface area contributed by atoms with Gasteiger partial charge in [0.25, 0.3) is 0 Å². The van der Waals surface area contributed by atoms with Crippen LogP contribution >= 0.6 is 0 Å².